The predicted octanol–water partition coefficient (Wildman–Crippen LogP) is 3.19. The van der Waals surface area contributed by atoms with Crippen LogP contribution in [0.15, 0.2) is 33.3 Å². The molecule has 0 aliphatic carbocycles. The Balaban J connectivity index is 1.45. The van der Waals surface area contributed by atoms with Gasteiger partial charge in [-0.1, -0.05) is 11.3 Å². The van der Waals surface area contributed by atoms with E-state index in [4.69, 9.17) is 19.5 Å². The number of morpholine rings is 1. The van der Waals surface area contributed by atoms with Crippen molar-refractivity contribution in [2.75, 3.05) is 39.3 Å². The van der Waals surface area contributed by atoms with Crippen LogP contribution in [-0.2, 0) is 9.47 Å². The maximum Gasteiger partial charge on any atom is 0.407 e. The highest BCUT2D eigenvalue weighted by molar-refractivity contribution is 7.21. The summed E-state index contributed by atoms with van der Waals surface area (Å²) >= 11 is 1.47. The van der Waals surface area contributed by atoms with Gasteiger partial charge in [-0.15, -0.1) is 0 Å². The van der Waals surface area contributed by atoms with Crippen LogP contribution in [0.3, 0.4) is 0 Å². The fraction of sp³-hybridized carbons (Fsp3) is 0.600. The smallest absolute Gasteiger partial charge is 0.407 e. The summed E-state index contributed by atoms with van der Waals surface area (Å²) in [6, 6.07) is 3.81. The third-order valence-electron chi connectivity index (χ3n) is 5.47. The van der Waals surface area contributed by atoms with E-state index in [1.54, 1.807) is 6.20 Å². The first-order chi connectivity index (χ1) is 17.6. The van der Waals surface area contributed by atoms with E-state index in [0.717, 1.165) is 34.9 Å². The SMILES string of the molecule is CC1CN(CC2=NC(NCCNC(=O)OC(C)(C)C)=NCC(=Nc3nc4cccnc4s3)C2)CC(C)O1. The molecule has 4 rings (SSSR count). The van der Waals surface area contributed by atoms with Crippen molar-refractivity contribution in [3.8, 4) is 0 Å². The van der Waals surface area contributed by atoms with Crippen LogP contribution in [0.4, 0.5) is 9.93 Å². The Labute approximate surface area is 221 Å². The minimum Gasteiger partial charge on any atom is -0.444 e. The number of ether oxygens (including phenoxy) is 2. The molecule has 2 N–H and O–H groups in total. The molecule has 1 fully saturated rings. The first-order valence-corrected chi connectivity index (χ1v) is 13.4. The molecule has 12 heteroatoms. The number of guanidine groups is 1. The van der Waals surface area contributed by atoms with Crippen LogP contribution < -0.4 is 10.6 Å². The molecule has 200 valence electrons. The molecule has 4 heterocycles. The normalized spacial score (nSPS) is 22.4. The van der Waals surface area contributed by atoms with Crippen molar-refractivity contribution in [2.45, 2.75) is 58.8 Å². The number of carbonyl (C=O) groups excluding carboxylic acids is 1. The van der Waals surface area contributed by atoms with Gasteiger partial charge in [-0.3, -0.25) is 4.90 Å². The molecule has 1 saturated heterocycles. The highest BCUT2D eigenvalue weighted by Gasteiger charge is 2.24. The van der Waals surface area contributed by atoms with Crippen molar-refractivity contribution in [2.24, 2.45) is 15.0 Å². The van der Waals surface area contributed by atoms with E-state index < -0.39 is 11.7 Å². The maximum absolute atomic E-state index is 11.9. The molecular weight excluding hydrogens is 492 g/mol. The lowest BCUT2D eigenvalue weighted by Gasteiger charge is -2.35. The van der Waals surface area contributed by atoms with Crippen molar-refractivity contribution >= 4 is 50.3 Å². The molecule has 0 spiro atoms. The summed E-state index contributed by atoms with van der Waals surface area (Å²) < 4.78 is 11.2. The number of nitrogens with one attached hydrogen (secondary N) is 2. The van der Waals surface area contributed by atoms with Gasteiger partial charge in [0.25, 0.3) is 0 Å². The lowest BCUT2D eigenvalue weighted by Crippen LogP contribution is -2.47. The molecule has 2 aliphatic heterocycles. The molecule has 0 saturated carbocycles. The summed E-state index contributed by atoms with van der Waals surface area (Å²) in [5.41, 5.74) is 2.18. The number of carbonyl (C=O) groups is 1. The second-order valence-electron chi connectivity index (χ2n) is 10.3. The Morgan fingerprint density at radius 3 is 2.78 bits per heavy atom. The van der Waals surface area contributed by atoms with Gasteiger partial charge in [0.1, 0.15) is 15.9 Å². The van der Waals surface area contributed by atoms with Crippen LogP contribution in [0.5, 0.6) is 0 Å². The summed E-state index contributed by atoms with van der Waals surface area (Å²) in [7, 11) is 0. The molecule has 2 aliphatic rings. The molecule has 0 aromatic carbocycles. The van der Waals surface area contributed by atoms with E-state index in [0.29, 0.717) is 43.7 Å². The fourth-order valence-corrected chi connectivity index (χ4v) is 5.03. The molecule has 11 nitrogen and oxygen atoms in total. The maximum atomic E-state index is 11.9. The van der Waals surface area contributed by atoms with Crippen LogP contribution in [0, 0.1) is 0 Å². The molecule has 0 bridgehead atoms. The van der Waals surface area contributed by atoms with Crippen LogP contribution in [-0.4, -0.2) is 95.4 Å². The van der Waals surface area contributed by atoms with Gasteiger partial charge >= 0.3 is 6.09 Å². The molecule has 2 aromatic heterocycles. The molecule has 2 aromatic rings. The third kappa shape index (κ3) is 8.54. The summed E-state index contributed by atoms with van der Waals surface area (Å²) in [6.45, 7) is 13.4. The van der Waals surface area contributed by atoms with Crippen molar-refractivity contribution in [1.29, 1.82) is 0 Å². The van der Waals surface area contributed by atoms with Crippen molar-refractivity contribution in [1.82, 2.24) is 25.5 Å². The Morgan fingerprint density at radius 2 is 2.05 bits per heavy atom. The number of alkyl carbamates (subject to hydrolysis) is 1. The Kier molecular flexibility index (Phi) is 8.83. The zero-order valence-corrected chi connectivity index (χ0v) is 23.0. The first kappa shape index (κ1) is 27.1. The van der Waals surface area contributed by atoms with Gasteiger partial charge in [-0.2, -0.15) is 0 Å². The average molecular weight is 529 g/mol. The number of amides is 1. The van der Waals surface area contributed by atoms with Crippen molar-refractivity contribution in [3.05, 3.63) is 18.3 Å². The van der Waals surface area contributed by atoms with Gasteiger partial charge in [0.2, 0.25) is 11.1 Å². The molecule has 2 unspecified atom stereocenters. The molecule has 2 atom stereocenters. The van der Waals surface area contributed by atoms with Gasteiger partial charge < -0.3 is 20.1 Å². The lowest BCUT2D eigenvalue weighted by molar-refractivity contribution is -0.0635. The van der Waals surface area contributed by atoms with E-state index in [1.165, 1.54) is 11.3 Å². The number of nitrogens with zero attached hydrogens (tertiary/aromatic N) is 6. The van der Waals surface area contributed by atoms with E-state index in [2.05, 4.69) is 44.3 Å². The second-order valence-corrected chi connectivity index (χ2v) is 11.3. The number of rotatable bonds is 6. The quantitative estimate of drug-likeness (QED) is 0.552. The lowest BCUT2D eigenvalue weighted by atomic mass is 10.1. The highest BCUT2D eigenvalue weighted by atomic mass is 32.1. The van der Waals surface area contributed by atoms with E-state index >= 15 is 0 Å². The number of thiazole rings is 1. The third-order valence-corrected chi connectivity index (χ3v) is 6.34. The Bertz CT molecular complexity index is 1140. The van der Waals surface area contributed by atoms with Gasteiger partial charge in [-0.05, 0) is 46.8 Å². The molecule has 37 heavy (non-hydrogen) atoms. The predicted molar refractivity (Wildman–Crippen MR) is 148 cm³/mol. The summed E-state index contributed by atoms with van der Waals surface area (Å²) in [4.78, 5) is 38.5. The largest absolute Gasteiger partial charge is 0.444 e. The Morgan fingerprint density at radius 1 is 1.27 bits per heavy atom. The van der Waals surface area contributed by atoms with Crippen LogP contribution in [0.1, 0.15) is 41.0 Å². The number of fused-ring (bicyclic) bond motifs is 1. The van der Waals surface area contributed by atoms with Gasteiger partial charge in [-0.25, -0.2) is 29.7 Å². The first-order valence-electron chi connectivity index (χ1n) is 12.6. The van der Waals surface area contributed by atoms with Crippen LogP contribution in [0.2, 0.25) is 0 Å². The minimum absolute atomic E-state index is 0.170. The van der Waals surface area contributed by atoms with E-state index in [9.17, 15) is 4.79 Å². The summed E-state index contributed by atoms with van der Waals surface area (Å²) in [6.07, 6.45) is 2.26. The van der Waals surface area contributed by atoms with Gasteiger partial charge in [0, 0.05) is 56.8 Å². The number of hydrogen-bond donors (Lipinski definition) is 2. The topological polar surface area (TPSA) is 126 Å². The number of aromatic nitrogens is 2. The van der Waals surface area contributed by atoms with Crippen molar-refractivity contribution in [3.63, 3.8) is 0 Å². The van der Waals surface area contributed by atoms with Crippen molar-refractivity contribution < 1.29 is 14.3 Å². The second kappa shape index (κ2) is 12.1. The zero-order valence-electron chi connectivity index (χ0n) is 22.2. The van der Waals surface area contributed by atoms with Crippen LogP contribution >= 0.6 is 11.3 Å². The standard InChI is InChI=1S/C25H36N8O3S/c1-16-13-33(14-17(2)35-16)15-19-11-18(31-23-32-20-7-6-8-26-21(20)37-23)12-29-22(30-19)27-9-10-28-24(34)36-25(3,4)5/h6-8,16-17H,9-15H2,1-5H3,(H,27,29)(H,28,34). The monoisotopic (exact) mass is 528 g/mol. The Hall–Kier alpha value is -2.96. The van der Waals surface area contributed by atoms with Crippen LogP contribution in [0.25, 0.3) is 10.3 Å². The summed E-state index contributed by atoms with van der Waals surface area (Å²) in [5, 5.41) is 6.66. The van der Waals surface area contributed by atoms with E-state index in [1.807, 2.05) is 32.9 Å². The molecule has 1 amide bonds. The number of pyridine rings is 1. The summed E-state index contributed by atoms with van der Waals surface area (Å²) in [5.74, 6) is 0.534. The average Bonchev–Trinajstić information content (AvgIpc) is 3.10. The highest BCUT2D eigenvalue weighted by Crippen LogP contribution is 2.26. The molecular formula is C25H36N8O3S. The zero-order chi connectivity index (χ0) is 26.4. The fourth-order valence-electron chi connectivity index (χ4n) is 4.21. The minimum atomic E-state index is -0.536. The van der Waals surface area contributed by atoms with Gasteiger partial charge in [0.05, 0.1) is 18.8 Å². The number of aliphatic imine (C=N–C) groups is 3. The van der Waals surface area contributed by atoms with E-state index in [-0.39, 0.29) is 12.2 Å². The number of hydrogen-bond acceptors (Lipinski definition) is 11. The van der Waals surface area contributed by atoms with Gasteiger partial charge in [0.15, 0.2) is 0 Å². The molecule has 0 radical (unpaired) electrons.